The molecule has 1 aliphatic rings. The number of imidazole rings is 1. The molecule has 1 aliphatic heterocycles. The molecule has 32 heavy (non-hydrogen) atoms. The van der Waals surface area contributed by atoms with Crippen LogP contribution in [0.5, 0.6) is 0 Å². The number of aromatic nitrogens is 4. The van der Waals surface area contributed by atoms with E-state index in [0.29, 0.717) is 35.7 Å². The summed E-state index contributed by atoms with van der Waals surface area (Å²) in [7, 11) is 3.21. The first kappa shape index (κ1) is 22.0. The minimum atomic E-state index is -0.666. The lowest BCUT2D eigenvalue weighted by Gasteiger charge is -2.20. The maximum atomic E-state index is 12.6. The second kappa shape index (κ2) is 9.92. The summed E-state index contributed by atoms with van der Waals surface area (Å²) in [4.78, 5) is 29.8. The Kier molecular flexibility index (Phi) is 6.81. The number of aliphatic imine (C=N–C) groups is 1. The number of nitrogens with one attached hydrogen (secondary N) is 1. The highest BCUT2D eigenvalue weighted by Crippen LogP contribution is 2.32. The van der Waals surface area contributed by atoms with Gasteiger partial charge in [0, 0.05) is 19.7 Å². The number of aliphatic hydroxyl groups excluding tert-OH is 1. The highest BCUT2D eigenvalue weighted by molar-refractivity contribution is 6.06. The van der Waals surface area contributed by atoms with Gasteiger partial charge in [-0.1, -0.05) is 18.2 Å². The van der Waals surface area contributed by atoms with Crippen molar-refractivity contribution < 1.29 is 24.1 Å². The van der Waals surface area contributed by atoms with Gasteiger partial charge in [-0.15, -0.1) is 0 Å². The van der Waals surface area contributed by atoms with Crippen LogP contribution >= 0.6 is 0 Å². The highest BCUT2D eigenvalue weighted by Gasteiger charge is 2.43. The van der Waals surface area contributed by atoms with Crippen LogP contribution in [0, 0.1) is 0 Å². The number of anilines is 1. The SMILES string of the molecule is CN=C1[C@@H](OCCOC)[C@H](n2cnc3c(NC(=O)c4ccccc4)ncnc32)O[C@@H]1CO. The maximum absolute atomic E-state index is 12.6. The van der Waals surface area contributed by atoms with Gasteiger partial charge in [-0.3, -0.25) is 14.4 Å². The molecule has 168 valence electrons. The fourth-order valence-electron chi connectivity index (χ4n) is 3.58. The third kappa shape index (κ3) is 4.23. The van der Waals surface area contributed by atoms with Crippen LogP contribution in [0.4, 0.5) is 5.82 Å². The first-order valence-corrected chi connectivity index (χ1v) is 10.0. The average molecular weight is 440 g/mol. The summed E-state index contributed by atoms with van der Waals surface area (Å²) in [6, 6.07) is 8.82. The monoisotopic (exact) mass is 440 g/mol. The van der Waals surface area contributed by atoms with Crippen LogP contribution in [-0.4, -0.2) is 82.4 Å². The van der Waals surface area contributed by atoms with Crippen molar-refractivity contribution in [3.8, 4) is 0 Å². The zero-order valence-electron chi connectivity index (χ0n) is 17.7. The second-order valence-electron chi connectivity index (χ2n) is 7.00. The van der Waals surface area contributed by atoms with Crippen molar-refractivity contribution in [2.24, 2.45) is 4.99 Å². The molecule has 1 aromatic carbocycles. The first-order chi connectivity index (χ1) is 15.7. The molecule has 0 radical (unpaired) electrons. The summed E-state index contributed by atoms with van der Waals surface area (Å²) in [6.45, 7) is 0.470. The van der Waals surface area contributed by atoms with E-state index in [1.807, 2.05) is 6.07 Å². The Balaban J connectivity index is 1.65. The number of nitrogens with zero attached hydrogens (tertiary/aromatic N) is 5. The van der Waals surface area contributed by atoms with Crippen LogP contribution in [0.25, 0.3) is 11.2 Å². The fourth-order valence-corrected chi connectivity index (χ4v) is 3.58. The van der Waals surface area contributed by atoms with E-state index in [0.717, 1.165) is 0 Å². The number of benzene rings is 1. The smallest absolute Gasteiger partial charge is 0.256 e. The summed E-state index contributed by atoms with van der Waals surface area (Å²) >= 11 is 0. The Morgan fingerprint density at radius 2 is 2.06 bits per heavy atom. The number of hydrogen-bond acceptors (Lipinski definition) is 9. The summed E-state index contributed by atoms with van der Waals surface area (Å²) in [6.07, 6.45) is 1.04. The van der Waals surface area contributed by atoms with Gasteiger partial charge < -0.3 is 24.6 Å². The van der Waals surface area contributed by atoms with E-state index >= 15 is 0 Å². The second-order valence-corrected chi connectivity index (χ2v) is 7.00. The third-order valence-corrected chi connectivity index (χ3v) is 5.09. The van der Waals surface area contributed by atoms with E-state index in [4.69, 9.17) is 14.2 Å². The number of carbonyl (C=O) groups excluding carboxylic acids is 1. The van der Waals surface area contributed by atoms with E-state index in [1.165, 1.54) is 6.33 Å². The highest BCUT2D eigenvalue weighted by atomic mass is 16.6. The number of fused-ring (bicyclic) bond motifs is 1. The van der Waals surface area contributed by atoms with Crippen LogP contribution in [0.2, 0.25) is 0 Å². The molecular weight excluding hydrogens is 416 g/mol. The lowest BCUT2D eigenvalue weighted by molar-refractivity contribution is -0.0742. The molecule has 11 nitrogen and oxygen atoms in total. The Hall–Kier alpha value is -3.25. The van der Waals surface area contributed by atoms with Crippen LogP contribution in [0.3, 0.4) is 0 Å². The molecule has 2 N–H and O–H groups in total. The lowest BCUT2D eigenvalue weighted by Crippen LogP contribution is -2.32. The molecule has 0 saturated carbocycles. The van der Waals surface area contributed by atoms with Crippen molar-refractivity contribution in [2.75, 3.05) is 39.3 Å². The van der Waals surface area contributed by atoms with Crippen molar-refractivity contribution in [1.82, 2.24) is 19.5 Å². The molecule has 11 heteroatoms. The zero-order valence-corrected chi connectivity index (χ0v) is 17.7. The average Bonchev–Trinajstić information content (AvgIpc) is 3.41. The van der Waals surface area contributed by atoms with E-state index in [2.05, 4.69) is 25.3 Å². The van der Waals surface area contributed by atoms with Crippen molar-refractivity contribution in [2.45, 2.75) is 18.4 Å². The van der Waals surface area contributed by atoms with Gasteiger partial charge in [0.05, 0.1) is 31.9 Å². The molecule has 1 fully saturated rings. The Labute approximate surface area is 184 Å². The molecule has 2 aromatic heterocycles. The van der Waals surface area contributed by atoms with E-state index in [1.54, 1.807) is 49.3 Å². The molecular formula is C21H24N6O5. The molecule has 0 unspecified atom stereocenters. The topological polar surface area (TPSA) is 133 Å². The van der Waals surface area contributed by atoms with Crippen LogP contribution < -0.4 is 5.32 Å². The van der Waals surface area contributed by atoms with Gasteiger partial charge in [0.25, 0.3) is 5.91 Å². The normalized spacial score (nSPS) is 22.0. The number of carbonyl (C=O) groups is 1. The van der Waals surface area contributed by atoms with Gasteiger partial charge in [0.15, 0.2) is 23.2 Å². The van der Waals surface area contributed by atoms with Crippen molar-refractivity contribution >= 4 is 28.6 Å². The number of aliphatic hydroxyl groups is 1. The largest absolute Gasteiger partial charge is 0.393 e. The van der Waals surface area contributed by atoms with Crippen molar-refractivity contribution in [3.05, 3.63) is 48.5 Å². The van der Waals surface area contributed by atoms with Gasteiger partial charge in [-0.2, -0.15) is 0 Å². The molecule has 0 bridgehead atoms. The van der Waals surface area contributed by atoms with Gasteiger partial charge in [0.2, 0.25) is 0 Å². The summed E-state index contributed by atoms with van der Waals surface area (Å²) in [5, 5.41) is 12.5. The van der Waals surface area contributed by atoms with Crippen LogP contribution in [0.15, 0.2) is 48.0 Å². The molecule has 3 atom stereocenters. The van der Waals surface area contributed by atoms with Crippen molar-refractivity contribution in [1.29, 1.82) is 0 Å². The summed E-state index contributed by atoms with van der Waals surface area (Å²) in [5.74, 6) is -0.0284. The van der Waals surface area contributed by atoms with Crippen LogP contribution in [-0.2, 0) is 14.2 Å². The molecule has 3 aromatic rings. The lowest BCUT2D eigenvalue weighted by atomic mass is 10.1. The van der Waals surface area contributed by atoms with Gasteiger partial charge in [-0.05, 0) is 12.1 Å². The van der Waals surface area contributed by atoms with E-state index < -0.39 is 18.4 Å². The predicted octanol–water partition coefficient (Wildman–Crippen LogP) is 1.07. The number of hydrogen-bond donors (Lipinski definition) is 2. The van der Waals surface area contributed by atoms with Crippen molar-refractivity contribution in [3.63, 3.8) is 0 Å². The molecule has 1 saturated heterocycles. The Morgan fingerprint density at radius 3 is 2.78 bits per heavy atom. The van der Waals surface area contributed by atoms with E-state index in [-0.39, 0.29) is 18.3 Å². The fraction of sp³-hybridized carbons (Fsp3) is 0.381. The van der Waals surface area contributed by atoms with Gasteiger partial charge in [-0.25, -0.2) is 15.0 Å². The molecule has 0 aliphatic carbocycles. The first-order valence-electron chi connectivity index (χ1n) is 10.0. The number of ether oxygens (including phenoxy) is 3. The number of methoxy groups -OCH3 is 1. The van der Waals surface area contributed by atoms with E-state index in [9.17, 15) is 9.90 Å². The zero-order chi connectivity index (χ0) is 22.5. The van der Waals surface area contributed by atoms with Gasteiger partial charge in [0.1, 0.15) is 18.5 Å². The summed E-state index contributed by atoms with van der Waals surface area (Å²) in [5.41, 5.74) is 1.93. The number of rotatable bonds is 8. The predicted molar refractivity (Wildman–Crippen MR) is 116 cm³/mol. The molecule has 4 rings (SSSR count). The Bertz CT molecular complexity index is 1100. The molecule has 3 heterocycles. The van der Waals surface area contributed by atoms with Crippen LogP contribution in [0.1, 0.15) is 16.6 Å². The summed E-state index contributed by atoms with van der Waals surface area (Å²) < 4.78 is 18.8. The minimum Gasteiger partial charge on any atom is -0.393 e. The molecule has 0 spiro atoms. The quantitative estimate of drug-likeness (QED) is 0.497. The molecule has 1 amide bonds. The Morgan fingerprint density at radius 1 is 1.25 bits per heavy atom. The standard InChI is InChI=1S/C21H24N6O5/c1-22-15-14(10-28)32-21(17(15)31-9-8-30-2)27-12-25-16-18(23-11-24-19(16)27)26-20(29)13-6-4-3-5-7-13/h3-7,11-12,14,17,21,28H,8-10H2,1-2H3,(H,23,24,26,29)/t14-,17-,21-/m1/s1. The number of amides is 1. The van der Waals surface area contributed by atoms with Gasteiger partial charge >= 0.3 is 0 Å². The maximum Gasteiger partial charge on any atom is 0.256 e. The third-order valence-electron chi connectivity index (χ3n) is 5.09. The minimum absolute atomic E-state index is 0.243.